The van der Waals surface area contributed by atoms with Crippen molar-refractivity contribution >= 4 is 39.5 Å². The van der Waals surface area contributed by atoms with Gasteiger partial charge in [0.25, 0.3) is 0 Å². The summed E-state index contributed by atoms with van der Waals surface area (Å²) in [5.74, 6) is -0.0457. The van der Waals surface area contributed by atoms with E-state index < -0.39 is 12.1 Å². The van der Waals surface area contributed by atoms with E-state index in [2.05, 4.69) is 6.92 Å². The Morgan fingerprint density at radius 1 is 0.886 bits per heavy atom. The van der Waals surface area contributed by atoms with E-state index in [1.807, 2.05) is 41.3 Å². The minimum absolute atomic E-state index is 0.0136. The zero-order chi connectivity index (χ0) is 31.0. The molecule has 0 bridgehead atoms. The summed E-state index contributed by atoms with van der Waals surface area (Å²) in [6, 6.07) is 16.1. The number of amides is 1. The van der Waals surface area contributed by atoms with Gasteiger partial charge in [-0.15, -0.1) is 0 Å². The van der Waals surface area contributed by atoms with Gasteiger partial charge in [-0.3, -0.25) is 4.79 Å². The van der Waals surface area contributed by atoms with Crippen LogP contribution < -0.4 is 9.64 Å². The minimum atomic E-state index is -1.10. The minimum Gasteiger partial charge on any atom is -0.496 e. The Kier molecular flexibility index (Phi) is 8.65. The molecule has 4 aromatic rings. The molecule has 44 heavy (non-hydrogen) atoms. The molecule has 3 aromatic carbocycles. The van der Waals surface area contributed by atoms with E-state index >= 15 is 0 Å². The molecule has 1 heterocycles. The lowest BCUT2D eigenvalue weighted by atomic mass is 9.81. The summed E-state index contributed by atoms with van der Waals surface area (Å²) in [6.07, 6.45) is 5.93. The number of carboxylic acids is 1. The lowest BCUT2D eigenvalue weighted by Crippen LogP contribution is -2.47. The van der Waals surface area contributed by atoms with Gasteiger partial charge in [-0.25, -0.2) is 4.79 Å². The van der Waals surface area contributed by atoms with Crippen LogP contribution in [0, 0.1) is 11.8 Å². The maximum absolute atomic E-state index is 14.4. The maximum Gasteiger partial charge on any atom is 0.337 e. The first-order valence-corrected chi connectivity index (χ1v) is 15.7. The highest BCUT2D eigenvalue weighted by Crippen LogP contribution is 2.41. The zero-order valence-electron chi connectivity index (χ0n) is 25.6. The molecule has 2 aliphatic carbocycles. The quantitative estimate of drug-likeness (QED) is 0.216. The molecular formula is C36H41NO7. The van der Waals surface area contributed by atoms with Crippen molar-refractivity contribution in [3.8, 4) is 5.75 Å². The number of carbonyl (C=O) groups is 2. The molecule has 1 unspecified atom stereocenters. The van der Waals surface area contributed by atoms with Crippen LogP contribution in [0.25, 0.3) is 21.9 Å². The fourth-order valence-corrected chi connectivity index (χ4v) is 7.18. The van der Waals surface area contributed by atoms with Crippen LogP contribution in [0.1, 0.15) is 85.9 Å². The second kappa shape index (κ2) is 12.6. The van der Waals surface area contributed by atoms with Gasteiger partial charge in [-0.05, 0) is 93.2 Å². The van der Waals surface area contributed by atoms with Crippen LogP contribution in [-0.2, 0) is 9.53 Å². The molecule has 0 radical (unpaired) electrons. The number of benzene rings is 3. The van der Waals surface area contributed by atoms with Gasteiger partial charge in [0.15, 0.2) is 0 Å². The number of aliphatic hydroxyl groups excluding tert-OH is 1. The fraction of sp³-hybridized carbons (Fsp3) is 0.444. The molecule has 2 fully saturated rings. The molecule has 1 amide bonds. The number of fused-ring (bicyclic) bond motifs is 3. The predicted octanol–water partition coefficient (Wildman–Crippen LogP) is 7.49. The first kappa shape index (κ1) is 30.2. The van der Waals surface area contributed by atoms with Crippen molar-refractivity contribution in [2.75, 3.05) is 19.1 Å². The monoisotopic (exact) mass is 599 g/mol. The Morgan fingerprint density at radius 2 is 1.59 bits per heavy atom. The third-order valence-electron chi connectivity index (χ3n) is 9.80. The van der Waals surface area contributed by atoms with Crippen molar-refractivity contribution in [2.24, 2.45) is 11.8 Å². The van der Waals surface area contributed by atoms with E-state index in [9.17, 15) is 19.8 Å². The Labute approximate surface area is 257 Å². The average Bonchev–Trinajstić information content (AvgIpc) is 3.41. The second-order valence-electron chi connectivity index (χ2n) is 12.5. The Morgan fingerprint density at radius 3 is 2.27 bits per heavy atom. The maximum atomic E-state index is 14.4. The molecule has 6 rings (SSSR count). The third-order valence-corrected chi connectivity index (χ3v) is 9.80. The number of carboxylic acid groups (broad SMARTS) is 1. The number of furan rings is 1. The molecule has 0 saturated heterocycles. The number of ether oxygens (including phenoxy) is 2. The van der Waals surface area contributed by atoms with E-state index in [-0.39, 0.29) is 29.5 Å². The second-order valence-corrected chi connectivity index (χ2v) is 12.5. The van der Waals surface area contributed by atoms with Gasteiger partial charge in [-0.1, -0.05) is 31.2 Å². The smallest absolute Gasteiger partial charge is 0.337 e. The number of para-hydroxylation sites is 1. The molecule has 0 spiro atoms. The summed E-state index contributed by atoms with van der Waals surface area (Å²) in [7, 11) is 3.29. The van der Waals surface area contributed by atoms with E-state index in [0.717, 1.165) is 56.8 Å². The normalized spacial score (nSPS) is 23.0. The largest absolute Gasteiger partial charge is 0.496 e. The summed E-state index contributed by atoms with van der Waals surface area (Å²) >= 11 is 0. The van der Waals surface area contributed by atoms with Crippen molar-refractivity contribution in [2.45, 2.75) is 76.5 Å². The van der Waals surface area contributed by atoms with Crippen LogP contribution in [0.15, 0.2) is 59.0 Å². The van der Waals surface area contributed by atoms with Gasteiger partial charge < -0.3 is 29.0 Å². The molecule has 1 aromatic heterocycles. The molecule has 232 valence electrons. The third kappa shape index (κ3) is 5.69. The summed E-state index contributed by atoms with van der Waals surface area (Å²) in [5, 5.41) is 23.2. The van der Waals surface area contributed by atoms with E-state index in [0.29, 0.717) is 45.0 Å². The van der Waals surface area contributed by atoms with Gasteiger partial charge in [0.1, 0.15) is 23.0 Å². The highest BCUT2D eigenvalue weighted by atomic mass is 16.5. The number of methoxy groups -OCH3 is 2. The number of aromatic carboxylic acids is 1. The van der Waals surface area contributed by atoms with Crippen molar-refractivity contribution < 1.29 is 33.7 Å². The molecule has 8 nitrogen and oxygen atoms in total. The molecule has 8 heteroatoms. The number of hydrogen-bond acceptors (Lipinski definition) is 6. The Balaban J connectivity index is 1.47. The molecule has 2 aliphatic rings. The molecule has 0 aliphatic heterocycles. The highest BCUT2D eigenvalue weighted by Gasteiger charge is 2.37. The van der Waals surface area contributed by atoms with Gasteiger partial charge in [0.05, 0.1) is 24.5 Å². The topological polar surface area (TPSA) is 109 Å². The lowest BCUT2D eigenvalue weighted by molar-refractivity contribution is -0.124. The number of rotatable bonds is 8. The average molecular weight is 600 g/mol. The summed E-state index contributed by atoms with van der Waals surface area (Å²) in [5.41, 5.74) is 2.75. The van der Waals surface area contributed by atoms with Crippen LogP contribution in [0.3, 0.4) is 0 Å². The Hall–Kier alpha value is -3.88. The van der Waals surface area contributed by atoms with Crippen LogP contribution in [0.2, 0.25) is 0 Å². The van der Waals surface area contributed by atoms with Crippen molar-refractivity contribution in [3.63, 3.8) is 0 Å². The number of hydrogen-bond donors (Lipinski definition) is 2. The predicted molar refractivity (Wildman–Crippen MR) is 169 cm³/mol. The van der Waals surface area contributed by atoms with E-state index in [1.54, 1.807) is 32.4 Å². The highest BCUT2D eigenvalue weighted by molar-refractivity contribution is 6.12. The first-order chi connectivity index (χ1) is 21.3. The number of nitrogens with zero attached hydrogens (tertiary/aromatic N) is 1. The Bertz CT molecular complexity index is 1660. The van der Waals surface area contributed by atoms with Crippen molar-refractivity contribution in [1.82, 2.24) is 0 Å². The first-order valence-electron chi connectivity index (χ1n) is 15.7. The fourth-order valence-electron chi connectivity index (χ4n) is 7.18. The lowest BCUT2D eigenvalue weighted by Gasteiger charge is -2.40. The number of aliphatic hydroxyl groups is 1. The number of anilines is 1. The SMILES string of the molecule is COc1ccccc1C(O)c1ccc2oc3cc(C(=O)O)c(N(C(=O)C4CCC(C)CC4)C4CCC(OC)CC4)cc3c2c1. The van der Waals surface area contributed by atoms with Gasteiger partial charge in [0, 0.05) is 35.4 Å². The van der Waals surface area contributed by atoms with Crippen LogP contribution >= 0.6 is 0 Å². The molecule has 2 N–H and O–H groups in total. The zero-order valence-corrected chi connectivity index (χ0v) is 25.6. The van der Waals surface area contributed by atoms with Gasteiger partial charge in [0.2, 0.25) is 5.91 Å². The van der Waals surface area contributed by atoms with Gasteiger partial charge in [-0.2, -0.15) is 0 Å². The van der Waals surface area contributed by atoms with Crippen LogP contribution in [0.5, 0.6) is 5.75 Å². The van der Waals surface area contributed by atoms with Crippen LogP contribution in [0.4, 0.5) is 5.69 Å². The van der Waals surface area contributed by atoms with E-state index in [4.69, 9.17) is 13.9 Å². The summed E-state index contributed by atoms with van der Waals surface area (Å²) in [4.78, 5) is 28.9. The van der Waals surface area contributed by atoms with Crippen LogP contribution in [-0.4, -0.2) is 48.5 Å². The number of carbonyl (C=O) groups excluding carboxylic acids is 1. The molecule has 1 atom stereocenters. The summed E-state index contributed by atoms with van der Waals surface area (Å²) < 4.78 is 17.2. The standard InChI is InChI=1S/C36H41NO7/c1-21-8-10-22(11-9-21)35(39)37(24-13-15-25(42-2)16-14-24)30-19-28-27-18-23(34(38)26-6-4-5-7-31(26)43-3)12-17-32(27)44-33(28)20-29(30)36(40)41/h4-7,12,17-22,24-25,34,38H,8-11,13-16H2,1-3H3,(H,40,41). The molecular weight excluding hydrogens is 558 g/mol. The van der Waals surface area contributed by atoms with Gasteiger partial charge >= 0.3 is 5.97 Å². The van der Waals surface area contributed by atoms with Crippen molar-refractivity contribution in [3.05, 3.63) is 71.3 Å². The summed E-state index contributed by atoms with van der Waals surface area (Å²) in [6.45, 7) is 2.23. The van der Waals surface area contributed by atoms with Crippen molar-refractivity contribution in [1.29, 1.82) is 0 Å². The van der Waals surface area contributed by atoms with E-state index in [1.165, 1.54) is 0 Å². The molecule has 2 saturated carbocycles.